The molecule has 1 aliphatic heterocycles. The summed E-state index contributed by atoms with van der Waals surface area (Å²) in [5.74, 6) is -0.305. The monoisotopic (exact) mass is 198 g/mol. The first-order valence-corrected chi connectivity index (χ1v) is 4.73. The van der Waals surface area contributed by atoms with Crippen molar-refractivity contribution in [3.8, 4) is 0 Å². The molecule has 1 fully saturated rings. The highest BCUT2D eigenvalue weighted by Gasteiger charge is 2.37. The molecule has 1 unspecified atom stereocenters. The van der Waals surface area contributed by atoms with Crippen LogP contribution in [0, 0.1) is 5.82 Å². The van der Waals surface area contributed by atoms with Gasteiger partial charge in [0.1, 0.15) is 18.1 Å². The molecule has 1 saturated heterocycles. The van der Waals surface area contributed by atoms with Crippen LogP contribution in [0.4, 0.5) is 8.78 Å². The molecule has 1 aliphatic rings. The lowest BCUT2D eigenvalue weighted by Crippen LogP contribution is -2.27. The lowest BCUT2D eigenvalue weighted by Gasteiger charge is -2.25. The molecule has 3 heteroatoms. The van der Waals surface area contributed by atoms with E-state index in [1.165, 1.54) is 12.1 Å². The van der Waals surface area contributed by atoms with Gasteiger partial charge < -0.3 is 4.74 Å². The largest absolute Gasteiger partial charge is 0.368 e. The molecule has 0 aromatic heterocycles. The van der Waals surface area contributed by atoms with E-state index in [9.17, 15) is 8.78 Å². The summed E-state index contributed by atoms with van der Waals surface area (Å²) in [7, 11) is 0. The molecule has 1 nitrogen and oxygen atoms in total. The zero-order valence-electron chi connectivity index (χ0n) is 7.80. The number of hydrogen-bond donors (Lipinski definition) is 0. The van der Waals surface area contributed by atoms with Crippen molar-refractivity contribution in [1.29, 1.82) is 0 Å². The lowest BCUT2D eigenvalue weighted by atomic mass is 9.92. The second-order valence-electron chi connectivity index (χ2n) is 3.59. The predicted molar refractivity (Wildman–Crippen MR) is 49.2 cm³/mol. The van der Waals surface area contributed by atoms with Gasteiger partial charge in [0.15, 0.2) is 0 Å². The minimum Gasteiger partial charge on any atom is -0.368 e. The van der Waals surface area contributed by atoms with E-state index in [1.807, 2.05) is 0 Å². The molecule has 0 bridgehead atoms. The highest BCUT2D eigenvalue weighted by molar-refractivity contribution is 5.24. The highest BCUT2D eigenvalue weighted by atomic mass is 19.1. The smallest absolute Gasteiger partial charge is 0.123 e. The van der Waals surface area contributed by atoms with E-state index in [-0.39, 0.29) is 5.82 Å². The quantitative estimate of drug-likeness (QED) is 0.710. The molecule has 0 N–H and O–H groups in total. The fourth-order valence-corrected chi connectivity index (χ4v) is 1.86. The van der Waals surface area contributed by atoms with Crippen LogP contribution in [0.5, 0.6) is 0 Å². The molecule has 1 aromatic rings. The third-order valence-corrected chi connectivity index (χ3v) is 2.69. The van der Waals surface area contributed by atoms with E-state index in [2.05, 4.69) is 0 Å². The van der Waals surface area contributed by atoms with Gasteiger partial charge in [-0.25, -0.2) is 8.78 Å². The van der Waals surface area contributed by atoms with Crippen molar-refractivity contribution in [3.05, 3.63) is 35.6 Å². The standard InChI is InChI=1S/C11H12F2O/c12-8-11(6-1-7-14-11)9-2-4-10(13)5-3-9/h2-5H,1,6-8H2. The molecule has 0 aliphatic carbocycles. The molecule has 1 aromatic carbocycles. The van der Waals surface area contributed by atoms with Crippen molar-refractivity contribution in [3.63, 3.8) is 0 Å². The van der Waals surface area contributed by atoms with Gasteiger partial charge in [0.2, 0.25) is 0 Å². The molecule has 76 valence electrons. The average Bonchev–Trinajstić information content (AvgIpc) is 2.68. The van der Waals surface area contributed by atoms with Crippen LogP contribution in [0.3, 0.4) is 0 Å². The minimum absolute atomic E-state index is 0.305. The van der Waals surface area contributed by atoms with Gasteiger partial charge >= 0.3 is 0 Å². The number of rotatable bonds is 2. The Labute approximate surface area is 81.7 Å². The van der Waals surface area contributed by atoms with E-state index in [0.29, 0.717) is 13.0 Å². The van der Waals surface area contributed by atoms with Crippen LogP contribution in [-0.2, 0) is 10.3 Å². The fourth-order valence-electron chi connectivity index (χ4n) is 1.86. The molecule has 1 atom stereocenters. The van der Waals surface area contributed by atoms with E-state index in [4.69, 9.17) is 4.74 Å². The van der Waals surface area contributed by atoms with E-state index in [1.54, 1.807) is 12.1 Å². The van der Waals surface area contributed by atoms with Gasteiger partial charge in [0.25, 0.3) is 0 Å². The Hall–Kier alpha value is -0.960. The summed E-state index contributed by atoms with van der Waals surface area (Å²) in [5.41, 5.74) is -0.0767. The number of benzene rings is 1. The number of halogens is 2. The summed E-state index contributed by atoms with van der Waals surface area (Å²) >= 11 is 0. The molecular weight excluding hydrogens is 186 g/mol. The van der Waals surface area contributed by atoms with Crippen LogP contribution in [0.2, 0.25) is 0 Å². The maximum absolute atomic E-state index is 12.9. The van der Waals surface area contributed by atoms with Crippen molar-refractivity contribution in [1.82, 2.24) is 0 Å². The van der Waals surface area contributed by atoms with Crippen molar-refractivity contribution < 1.29 is 13.5 Å². The average molecular weight is 198 g/mol. The van der Waals surface area contributed by atoms with Crippen LogP contribution in [0.25, 0.3) is 0 Å². The van der Waals surface area contributed by atoms with Gasteiger partial charge in [-0.2, -0.15) is 0 Å². The third-order valence-electron chi connectivity index (χ3n) is 2.69. The van der Waals surface area contributed by atoms with Gasteiger partial charge in [-0.1, -0.05) is 12.1 Å². The summed E-state index contributed by atoms with van der Waals surface area (Å²) in [5, 5.41) is 0. The van der Waals surface area contributed by atoms with Gasteiger partial charge in [-0.15, -0.1) is 0 Å². The predicted octanol–water partition coefficient (Wildman–Crippen LogP) is 2.80. The number of ether oxygens (including phenoxy) is 1. The SMILES string of the molecule is FCC1(c2ccc(F)cc2)CCCO1. The fraction of sp³-hybridized carbons (Fsp3) is 0.455. The van der Waals surface area contributed by atoms with Crippen LogP contribution in [0.1, 0.15) is 18.4 Å². The number of hydrogen-bond acceptors (Lipinski definition) is 1. The second-order valence-corrected chi connectivity index (χ2v) is 3.59. The van der Waals surface area contributed by atoms with Crippen molar-refractivity contribution in [2.24, 2.45) is 0 Å². The summed E-state index contributed by atoms with van der Waals surface area (Å²) in [4.78, 5) is 0. The lowest BCUT2D eigenvalue weighted by molar-refractivity contribution is -0.0193. The zero-order chi connectivity index (χ0) is 10.0. The normalized spacial score (nSPS) is 26.7. The van der Waals surface area contributed by atoms with Crippen LogP contribution >= 0.6 is 0 Å². The molecule has 0 spiro atoms. The molecule has 0 amide bonds. The van der Waals surface area contributed by atoms with Crippen LogP contribution < -0.4 is 0 Å². The Bertz CT molecular complexity index is 302. The first-order chi connectivity index (χ1) is 6.77. The molecular formula is C11H12F2O. The summed E-state index contributed by atoms with van der Waals surface area (Å²) in [6.45, 7) is 0.0416. The summed E-state index contributed by atoms with van der Waals surface area (Å²) in [6.07, 6.45) is 1.54. The topological polar surface area (TPSA) is 9.23 Å². The Balaban J connectivity index is 2.31. The summed E-state index contributed by atoms with van der Waals surface area (Å²) < 4.78 is 31.0. The van der Waals surface area contributed by atoms with Crippen molar-refractivity contribution in [2.75, 3.05) is 13.3 Å². The van der Waals surface area contributed by atoms with E-state index in [0.717, 1.165) is 12.0 Å². The van der Waals surface area contributed by atoms with Crippen LogP contribution in [0.15, 0.2) is 24.3 Å². The zero-order valence-corrected chi connectivity index (χ0v) is 7.80. The van der Waals surface area contributed by atoms with Gasteiger partial charge in [-0.3, -0.25) is 0 Å². The van der Waals surface area contributed by atoms with Crippen molar-refractivity contribution >= 4 is 0 Å². The van der Waals surface area contributed by atoms with Crippen LogP contribution in [-0.4, -0.2) is 13.3 Å². The van der Waals surface area contributed by atoms with E-state index >= 15 is 0 Å². The molecule has 1 heterocycles. The number of alkyl halides is 1. The van der Waals surface area contributed by atoms with Gasteiger partial charge in [0, 0.05) is 6.61 Å². The Morgan fingerprint density at radius 2 is 2.00 bits per heavy atom. The van der Waals surface area contributed by atoms with Gasteiger partial charge in [-0.05, 0) is 30.5 Å². The molecule has 0 radical (unpaired) electrons. The third kappa shape index (κ3) is 1.52. The maximum Gasteiger partial charge on any atom is 0.123 e. The van der Waals surface area contributed by atoms with E-state index < -0.39 is 12.3 Å². The Morgan fingerprint density at radius 3 is 2.50 bits per heavy atom. The second kappa shape index (κ2) is 3.65. The van der Waals surface area contributed by atoms with Gasteiger partial charge in [0.05, 0.1) is 0 Å². The Kier molecular flexibility index (Phi) is 2.50. The Morgan fingerprint density at radius 1 is 1.29 bits per heavy atom. The van der Waals surface area contributed by atoms with Crippen molar-refractivity contribution in [2.45, 2.75) is 18.4 Å². The summed E-state index contributed by atoms with van der Waals surface area (Å²) in [6, 6.07) is 5.88. The molecule has 14 heavy (non-hydrogen) atoms. The minimum atomic E-state index is -0.812. The molecule has 0 saturated carbocycles. The molecule has 2 rings (SSSR count). The maximum atomic E-state index is 12.9. The highest BCUT2D eigenvalue weighted by Crippen LogP contribution is 2.36. The first kappa shape index (κ1) is 9.59. The first-order valence-electron chi connectivity index (χ1n) is 4.73.